The minimum atomic E-state index is -0.971. The van der Waals surface area contributed by atoms with Gasteiger partial charge in [0.1, 0.15) is 18.3 Å². The van der Waals surface area contributed by atoms with Gasteiger partial charge >= 0.3 is 0 Å². The van der Waals surface area contributed by atoms with Gasteiger partial charge in [0, 0.05) is 19.1 Å². The lowest BCUT2D eigenvalue weighted by atomic mass is 9.92. The molecule has 0 radical (unpaired) electrons. The molecule has 0 fully saturated rings. The molecule has 6 aromatic carbocycles. The lowest BCUT2D eigenvalue weighted by molar-refractivity contribution is -0.168. The molecule has 0 aliphatic rings. The van der Waals surface area contributed by atoms with Gasteiger partial charge in [0.25, 0.3) is 0 Å². The zero-order chi connectivity index (χ0) is 35.6. The molecule has 0 spiro atoms. The summed E-state index contributed by atoms with van der Waals surface area (Å²) in [5, 5.41) is 12.2. The van der Waals surface area contributed by atoms with Crippen molar-refractivity contribution in [2.24, 2.45) is 0 Å². The maximum atomic E-state index is 12.2. The number of benzene rings is 6. The van der Waals surface area contributed by atoms with E-state index in [9.17, 15) is 5.11 Å². The van der Waals surface area contributed by atoms with Crippen LogP contribution in [0.5, 0.6) is 0 Å². The van der Waals surface area contributed by atoms with Crippen molar-refractivity contribution in [1.82, 2.24) is 4.90 Å². The van der Waals surface area contributed by atoms with E-state index in [0.717, 1.165) is 16.7 Å². The van der Waals surface area contributed by atoms with Crippen LogP contribution in [0, 0.1) is 0 Å². The van der Waals surface area contributed by atoms with Crippen LogP contribution in [0.25, 0.3) is 0 Å². The summed E-state index contributed by atoms with van der Waals surface area (Å²) in [5.41, 5.74) is 6.71. The summed E-state index contributed by atoms with van der Waals surface area (Å²) in [4.78, 5) is 2.49. The highest BCUT2D eigenvalue weighted by Crippen LogP contribution is 2.27. The van der Waals surface area contributed by atoms with Crippen molar-refractivity contribution in [3.05, 3.63) is 215 Å². The third-order valence-corrected chi connectivity index (χ3v) is 9.27. The Kier molecular flexibility index (Phi) is 14.4. The number of aliphatic hydroxyl groups is 1. The Labute approximate surface area is 309 Å². The zero-order valence-electron chi connectivity index (χ0n) is 29.7. The van der Waals surface area contributed by atoms with Crippen LogP contribution in [0.3, 0.4) is 0 Å². The minimum absolute atomic E-state index is 0.0922. The van der Waals surface area contributed by atoms with Gasteiger partial charge in [-0.1, -0.05) is 182 Å². The summed E-state index contributed by atoms with van der Waals surface area (Å²) in [6, 6.07) is 61.9. The Bertz CT molecular complexity index is 1770. The van der Waals surface area contributed by atoms with Crippen molar-refractivity contribution in [1.29, 1.82) is 0 Å². The number of nitrogens with zero attached hydrogens (tertiary/aromatic N) is 1. The van der Waals surface area contributed by atoms with E-state index in [1.54, 1.807) is 0 Å². The van der Waals surface area contributed by atoms with Gasteiger partial charge < -0.3 is 19.3 Å². The van der Waals surface area contributed by atoms with E-state index in [2.05, 4.69) is 102 Å². The van der Waals surface area contributed by atoms with Crippen LogP contribution in [0.4, 0.5) is 0 Å². The first kappa shape index (κ1) is 36.9. The minimum Gasteiger partial charge on any atom is -0.388 e. The molecule has 0 saturated carbocycles. The van der Waals surface area contributed by atoms with Crippen molar-refractivity contribution in [2.45, 2.75) is 63.7 Å². The first-order valence-electron chi connectivity index (χ1n) is 18.2. The first-order chi connectivity index (χ1) is 25.7. The number of hydrogen-bond donors (Lipinski definition) is 1. The highest BCUT2D eigenvalue weighted by Gasteiger charge is 2.39. The van der Waals surface area contributed by atoms with Crippen molar-refractivity contribution < 1.29 is 19.3 Å². The smallest absolute Gasteiger partial charge is 0.114 e. The maximum Gasteiger partial charge on any atom is 0.114 e. The summed E-state index contributed by atoms with van der Waals surface area (Å²) in [6.07, 6.45) is -1.56. The fourth-order valence-corrected chi connectivity index (χ4v) is 6.58. The Balaban J connectivity index is 1.40. The highest BCUT2D eigenvalue weighted by molar-refractivity contribution is 5.21. The molecule has 0 heterocycles. The van der Waals surface area contributed by atoms with Crippen LogP contribution < -0.4 is 0 Å². The lowest BCUT2D eigenvalue weighted by Crippen LogP contribution is -2.55. The molecule has 6 aromatic rings. The molecule has 0 bridgehead atoms. The van der Waals surface area contributed by atoms with E-state index in [0.29, 0.717) is 39.3 Å². The highest BCUT2D eigenvalue weighted by atomic mass is 16.6. The largest absolute Gasteiger partial charge is 0.388 e. The maximum absolute atomic E-state index is 12.2. The van der Waals surface area contributed by atoms with Gasteiger partial charge in [-0.15, -0.1) is 0 Å². The molecule has 0 saturated heterocycles. The zero-order valence-corrected chi connectivity index (χ0v) is 29.7. The average molecular weight is 692 g/mol. The summed E-state index contributed by atoms with van der Waals surface area (Å²) in [6.45, 7) is 2.54. The number of ether oxygens (including phenoxy) is 3. The van der Waals surface area contributed by atoms with Gasteiger partial charge in [0.15, 0.2) is 0 Å². The van der Waals surface area contributed by atoms with Crippen LogP contribution in [0.15, 0.2) is 182 Å². The molecule has 4 atom stereocenters. The topological polar surface area (TPSA) is 51.2 Å². The molecule has 5 nitrogen and oxygen atoms in total. The van der Waals surface area contributed by atoms with Crippen molar-refractivity contribution in [3.63, 3.8) is 0 Å². The standard InChI is InChI=1S/C47H49NO4/c49-45(37-50-34-41-25-13-4-14-26-41)47(52-36-43-29-17-6-18-30-43)46(51-35-42-27-15-5-16-28-42)44(31-38-19-7-1-8-20-38)48(32-39-21-9-2-10-22-39)33-40-23-11-3-12-24-40/h1-30,44-47,49H,31-37H2/t44-,45-,46-,47-/m1/s1. The lowest BCUT2D eigenvalue weighted by Gasteiger charge is -2.42. The Morgan fingerprint density at radius 1 is 0.404 bits per heavy atom. The quantitative estimate of drug-likeness (QED) is 0.0866. The third-order valence-electron chi connectivity index (χ3n) is 9.27. The average Bonchev–Trinajstić information content (AvgIpc) is 3.20. The first-order valence-corrected chi connectivity index (χ1v) is 18.2. The third kappa shape index (κ3) is 11.6. The second kappa shape index (κ2) is 20.2. The number of hydrogen-bond acceptors (Lipinski definition) is 5. The molecule has 0 aromatic heterocycles. The van der Waals surface area contributed by atoms with Gasteiger partial charge in [-0.25, -0.2) is 0 Å². The monoisotopic (exact) mass is 691 g/mol. The Hall–Kier alpha value is -4.88. The molecule has 0 amide bonds. The molecule has 1 N–H and O–H groups in total. The van der Waals surface area contributed by atoms with Crippen LogP contribution in [0.2, 0.25) is 0 Å². The number of rotatable bonds is 20. The second-order valence-electron chi connectivity index (χ2n) is 13.2. The molecule has 5 heteroatoms. The molecular formula is C47H49NO4. The van der Waals surface area contributed by atoms with E-state index in [4.69, 9.17) is 14.2 Å². The Morgan fingerprint density at radius 3 is 1.17 bits per heavy atom. The van der Waals surface area contributed by atoms with E-state index in [1.165, 1.54) is 16.7 Å². The van der Waals surface area contributed by atoms with Crippen LogP contribution in [0.1, 0.15) is 33.4 Å². The molecule has 0 unspecified atom stereocenters. The predicted molar refractivity (Wildman–Crippen MR) is 208 cm³/mol. The van der Waals surface area contributed by atoms with Crippen LogP contribution >= 0.6 is 0 Å². The van der Waals surface area contributed by atoms with Gasteiger partial charge in [-0.05, 0) is 39.8 Å². The van der Waals surface area contributed by atoms with Crippen LogP contribution in [-0.2, 0) is 53.5 Å². The molecular weight excluding hydrogens is 643 g/mol. The fourth-order valence-electron chi connectivity index (χ4n) is 6.58. The predicted octanol–water partition coefficient (Wildman–Crippen LogP) is 9.05. The van der Waals surface area contributed by atoms with E-state index in [-0.39, 0.29) is 12.6 Å². The molecule has 266 valence electrons. The summed E-state index contributed by atoms with van der Waals surface area (Å²) < 4.78 is 20.1. The summed E-state index contributed by atoms with van der Waals surface area (Å²) in [7, 11) is 0. The fraction of sp³-hybridized carbons (Fsp3) is 0.234. The van der Waals surface area contributed by atoms with Crippen molar-refractivity contribution in [2.75, 3.05) is 6.61 Å². The van der Waals surface area contributed by atoms with Crippen molar-refractivity contribution >= 4 is 0 Å². The molecule has 0 aliphatic carbocycles. The summed E-state index contributed by atoms with van der Waals surface area (Å²) in [5.74, 6) is 0. The normalized spacial score (nSPS) is 13.7. The number of aliphatic hydroxyl groups excluding tert-OH is 1. The molecule has 0 aliphatic heterocycles. The van der Waals surface area contributed by atoms with Gasteiger partial charge in [-0.2, -0.15) is 0 Å². The van der Waals surface area contributed by atoms with Crippen molar-refractivity contribution in [3.8, 4) is 0 Å². The van der Waals surface area contributed by atoms with Gasteiger partial charge in [-0.3, -0.25) is 4.90 Å². The van der Waals surface area contributed by atoms with Gasteiger partial charge in [0.05, 0.1) is 26.4 Å². The molecule has 52 heavy (non-hydrogen) atoms. The van der Waals surface area contributed by atoms with E-state index in [1.807, 2.05) is 84.9 Å². The second-order valence-corrected chi connectivity index (χ2v) is 13.2. The molecule has 6 rings (SSSR count). The Morgan fingerprint density at radius 2 is 0.750 bits per heavy atom. The van der Waals surface area contributed by atoms with Crippen LogP contribution in [-0.4, -0.2) is 41.0 Å². The van der Waals surface area contributed by atoms with E-state index >= 15 is 0 Å². The SMILES string of the molecule is O[C@H](COCc1ccccc1)[C@@H](OCc1ccccc1)[C@H](OCc1ccccc1)[C@@H](Cc1ccccc1)N(Cc1ccccc1)Cc1ccccc1. The van der Waals surface area contributed by atoms with E-state index < -0.39 is 18.3 Å². The van der Waals surface area contributed by atoms with Gasteiger partial charge in [0.2, 0.25) is 0 Å². The summed E-state index contributed by atoms with van der Waals surface area (Å²) >= 11 is 0.